The summed E-state index contributed by atoms with van der Waals surface area (Å²) in [5.41, 5.74) is 5.97. The number of anilines is 1. The third-order valence-corrected chi connectivity index (χ3v) is 5.61. The minimum atomic E-state index is -3.68. The van der Waals surface area contributed by atoms with Gasteiger partial charge in [0.25, 0.3) is 0 Å². The van der Waals surface area contributed by atoms with Crippen molar-refractivity contribution in [3.05, 3.63) is 18.2 Å². The Labute approximate surface area is 123 Å². The molecule has 0 amide bonds. The number of sulfonamides is 1. The summed E-state index contributed by atoms with van der Waals surface area (Å²) in [5, 5.41) is 8.98. The maximum Gasteiger partial charge on any atom is 0.240 e. The Morgan fingerprint density at radius 3 is 2.60 bits per heavy atom. The number of ether oxygens (including phenoxy) is 1. The van der Waals surface area contributed by atoms with Gasteiger partial charge in [0.15, 0.2) is 0 Å². The van der Waals surface area contributed by atoms with E-state index < -0.39 is 16.1 Å². The van der Waals surface area contributed by atoms with Gasteiger partial charge in [0.2, 0.25) is 10.0 Å². The predicted octanol–water partition coefficient (Wildman–Crippen LogP) is 0.668. The molecule has 0 aromatic heterocycles. The smallest absolute Gasteiger partial charge is 0.240 e. The summed E-state index contributed by atoms with van der Waals surface area (Å²) in [7, 11) is -2.22. The number of aliphatic hydroxyl groups excluding tert-OH is 1. The van der Waals surface area contributed by atoms with Crippen molar-refractivity contribution in [2.75, 3.05) is 25.7 Å². The van der Waals surface area contributed by atoms with Crippen LogP contribution in [0.25, 0.3) is 0 Å². The molecule has 1 aromatic carbocycles. The van der Waals surface area contributed by atoms with Crippen LogP contribution in [0, 0.1) is 0 Å². The number of methoxy groups -OCH3 is 1. The number of benzene rings is 1. The Morgan fingerprint density at radius 1 is 1.50 bits per heavy atom. The average molecular weight is 320 g/mol. The van der Waals surface area contributed by atoms with Crippen LogP contribution >= 0.6 is 11.8 Å². The highest BCUT2D eigenvalue weighted by Crippen LogP contribution is 2.24. The van der Waals surface area contributed by atoms with Crippen LogP contribution in [0.15, 0.2) is 23.1 Å². The summed E-state index contributed by atoms with van der Waals surface area (Å²) < 4.78 is 32.0. The highest BCUT2D eigenvalue weighted by molar-refractivity contribution is 7.99. The van der Waals surface area contributed by atoms with Crippen LogP contribution in [-0.4, -0.2) is 44.8 Å². The van der Waals surface area contributed by atoms with Gasteiger partial charge in [-0.15, -0.1) is 0 Å². The molecule has 20 heavy (non-hydrogen) atoms. The molecule has 0 aliphatic carbocycles. The second kappa shape index (κ2) is 7.16. The van der Waals surface area contributed by atoms with Crippen LogP contribution in [0.4, 0.5) is 5.69 Å². The maximum atomic E-state index is 12.2. The Balaban J connectivity index is 2.97. The highest BCUT2D eigenvalue weighted by atomic mass is 32.2. The zero-order valence-corrected chi connectivity index (χ0v) is 13.3. The molecule has 0 heterocycles. The molecule has 0 spiro atoms. The molecule has 8 heteroatoms. The van der Waals surface area contributed by atoms with Crippen molar-refractivity contribution in [1.82, 2.24) is 4.72 Å². The molecule has 0 aliphatic heterocycles. The first-order valence-corrected chi connectivity index (χ1v) is 8.72. The van der Waals surface area contributed by atoms with Crippen molar-refractivity contribution in [1.29, 1.82) is 0 Å². The maximum absolute atomic E-state index is 12.2. The molecule has 2 atom stereocenters. The lowest BCUT2D eigenvalue weighted by atomic mass is 10.3. The van der Waals surface area contributed by atoms with E-state index in [1.807, 2.05) is 6.26 Å². The minimum Gasteiger partial charge on any atom is -0.495 e. The average Bonchev–Trinajstić information content (AvgIpc) is 2.39. The molecule has 1 aromatic rings. The number of aliphatic hydroxyl groups is 1. The van der Waals surface area contributed by atoms with Crippen LogP contribution in [0.5, 0.6) is 5.75 Å². The fourth-order valence-electron chi connectivity index (χ4n) is 1.71. The van der Waals surface area contributed by atoms with Crippen molar-refractivity contribution in [3.8, 4) is 5.75 Å². The van der Waals surface area contributed by atoms with Gasteiger partial charge in [-0.05, 0) is 31.4 Å². The number of hydrogen-bond acceptors (Lipinski definition) is 6. The summed E-state index contributed by atoms with van der Waals surface area (Å²) in [5.74, 6) is 0.425. The fraction of sp³-hybridized carbons (Fsp3) is 0.500. The third kappa shape index (κ3) is 4.02. The van der Waals surface area contributed by atoms with Gasteiger partial charge in [-0.1, -0.05) is 0 Å². The van der Waals surface area contributed by atoms with E-state index in [1.54, 1.807) is 6.92 Å². The Kier molecular flexibility index (Phi) is 6.12. The monoisotopic (exact) mass is 320 g/mol. The van der Waals surface area contributed by atoms with Gasteiger partial charge >= 0.3 is 0 Å². The zero-order chi connectivity index (χ0) is 15.3. The van der Waals surface area contributed by atoms with Gasteiger partial charge in [0.05, 0.1) is 24.3 Å². The van der Waals surface area contributed by atoms with Crippen LogP contribution in [0.3, 0.4) is 0 Å². The number of hydrogen-bond donors (Lipinski definition) is 3. The Hall–Kier alpha value is -0.960. The van der Waals surface area contributed by atoms with E-state index in [9.17, 15) is 13.5 Å². The second-order valence-corrected chi connectivity index (χ2v) is 7.06. The lowest BCUT2D eigenvalue weighted by molar-refractivity contribution is 0.282. The molecule has 0 saturated heterocycles. The summed E-state index contributed by atoms with van der Waals surface area (Å²) in [6, 6.07) is 3.88. The van der Waals surface area contributed by atoms with Gasteiger partial charge in [0, 0.05) is 11.3 Å². The molecule has 0 aliphatic rings. The van der Waals surface area contributed by atoms with Crippen molar-refractivity contribution < 1.29 is 18.3 Å². The number of rotatable bonds is 7. The summed E-state index contributed by atoms with van der Waals surface area (Å²) in [6.45, 7) is 1.61. The Morgan fingerprint density at radius 2 is 2.15 bits per heavy atom. The number of nitrogens with one attached hydrogen (secondary N) is 1. The van der Waals surface area contributed by atoms with E-state index in [1.165, 1.54) is 37.1 Å². The fourth-order valence-corrected chi connectivity index (χ4v) is 3.74. The van der Waals surface area contributed by atoms with E-state index in [0.717, 1.165) is 0 Å². The molecule has 0 fully saturated rings. The van der Waals surface area contributed by atoms with Crippen LogP contribution in [0.1, 0.15) is 6.92 Å². The summed E-state index contributed by atoms with van der Waals surface area (Å²) >= 11 is 1.40. The predicted molar refractivity (Wildman–Crippen MR) is 81.6 cm³/mol. The SMILES string of the molecule is COc1ccc(S(=O)(=O)NC(C)C(CO)SC)cc1N. The molecule has 0 saturated carbocycles. The minimum absolute atomic E-state index is 0.0699. The number of thioether (sulfide) groups is 1. The van der Waals surface area contributed by atoms with Crippen LogP contribution < -0.4 is 15.2 Å². The third-order valence-electron chi connectivity index (χ3n) is 2.89. The van der Waals surface area contributed by atoms with Crippen molar-refractivity contribution in [2.45, 2.75) is 23.1 Å². The first-order chi connectivity index (χ1) is 9.35. The number of nitrogen functional groups attached to an aromatic ring is 1. The van der Waals surface area contributed by atoms with Gasteiger partial charge in [-0.2, -0.15) is 11.8 Å². The molecular weight excluding hydrogens is 300 g/mol. The molecular formula is C12H20N2O4S2. The zero-order valence-electron chi connectivity index (χ0n) is 11.7. The van der Waals surface area contributed by atoms with E-state index >= 15 is 0 Å². The normalized spacial score (nSPS) is 14.8. The van der Waals surface area contributed by atoms with E-state index in [2.05, 4.69) is 4.72 Å². The molecule has 4 N–H and O–H groups in total. The standard InChI is InChI=1S/C12H20N2O4S2/c1-8(12(7-15)19-3)14-20(16,17)9-4-5-11(18-2)10(13)6-9/h4-6,8,12,14-15H,7,13H2,1-3H3. The largest absolute Gasteiger partial charge is 0.495 e. The lowest BCUT2D eigenvalue weighted by Gasteiger charge is -2.21. The molecule has 0 bridgehead atoms. The molecule has 6 nitrogen and oxygen atoms in total. The topological polar surface area (TPSA) is 102 Å². The van der Waals surface area contributed by atoms with Crippen molar-refractivity contribution in [3.63, 3.8) is 0 Å². The second-order valence-electron chi connectivity index (χ2n) is 4.27. The van der Waals surface area contributed by atoms with Gasteiger partial charge < -0.3 is 15.6 Å². The first-order valence-electron chi connectivity index (χ1n) is 5.95. The molecule has 0 radical (unpaired) electrons. The van der Waals surface area contributed by atoms with Crippen molar-refractivity contribution in [2.24, 2.45) is 0 Å². The van der Waals surface area contributed by atoms with E-state index in [0.29, 0.717) is 5.75 Å². The van der Waals surface area contributed by atoms with Crippen molar-refractivity contribution >= 4 is 27.5 Å². The van der Waals surface area contributed by atoms with E-state index in [4.69, 9.17) is 10.5 Å². The highest BCUT2D eigenvalue weighted by Gasteiger charge is 2.23. The summed E-state index contributed by atoms with van der Waals surface area (Å²) in [6.07, 6.45) is 1.82. The molecule has 114 valence electrons. The molecule has 2 unspecified atom stereocenters. The van der Waals surface area contributed by atoms with E-state index in [-0.39, 0.29) is 22.4 Å². The summed E-state index contributed by atoms with van der Waals surface area (Å²) in [4.78, 5) is 0.0699. The van der Waals surface area contributed by atoms with Gasteiger partial charge in [-0.25, -0.2) is 13.1 Å². The van der Waals surface area contributed by atoms with Gasteiger partial charge in [-0.3, -0.25) is 0 Å². The van der Waals surface area contributed by atoms with Crippen LogP contribution in [-0.2, 0) is 10.0 Å². The first kappa shape index (κ1) is 17.1. The quantitative estimate of drug-likeness (QED) is 0.638. The van der Waals surface area contributed by atoms with Gasteiger partial charge in [0.1, 0.15) is 5.75 Å². The van der Waals surface area contributed by atoms with Crippen LogP contribution in [0.2, 0.25) is 0 Å². The lowest BCUT2D eigenvalue weighted by Crippen LogP contribution is -2.41. The Bertz CT molecular complexity index is 544. The molecule has 1 rings (SSSR count). The number of nitrogens with two attached hydrogens (primary N) is 1.